The van der Waals surface area contributed by atoms with Crippen LogP contribution in [0.5, 0.6) is 0 Å². The Labute approximate surface area is 112 Å². The van der Waals surface area contributed by atoms with Gasteiger partial charge in [0, 0.05) is 31.3 Å². The van der Waals surface area contributed by atoms with Gasteiger partial charge in [-0.05, 0) is 17.7 Å². The zero-order valence-electron chi connectivity index (χ0n) is 10.8. The largest absolute Gasteiger partial charge is 0.472 e. The number of carbonyl (C=O) groups excluding carboxylic acids is 1. The van der Waals surface area contributed by atoms with Gasteiger partial charge in [-0.25, -0.2) is 0 Å². The predicted octanol–water partition coefficient (Wildman–Crippen LogP) is 2.27. The molecule has 3 rings (SSSR count). The van der Waals surface area contributed by atoms with Crippen LogP contribution in [0.25, 0.3) is 0 Å². The maximum atomic E-state index is 12.4. The second-order valence-electron chi connectivity index (χ2n) is 4.88. The van der Waals surface area contributed by atoms with Crippen molar-refractivity contribution in [3.63, 3.8) is 0 Å². The smallest absolute Gasteiger partial charge is 0.245 e. The molecule has 0 spiro atoms. The Hall–Kier alpha value is -2.23. The van der Waals surface area contributed by atoms with E-state index in [0.29, 0.717) is 6.54 Å². The summed E-state index contributed by atoms with van der Waals surface area (Å²) in [6.45, 7) is 0.573. The Bertz CT molecular complexity index is 553. The molecular weight excluding hydrogens is 240 g/mol. The maximum Gasteiger partial charge on any atom is 0.245 e. The van der Waals surface area contributed by atoms with Crippen molar-refractivity contribution in [1.29, 1.82) is 0 Å². The normalized spacial score (nSPS) is 16.8. The Morgan fingerprint density at radius 3 is 3.00 bits per heavy atom. The number of furan rings is 1. The molecule has 1 aliphatic heterocycles. The standard InChI is InChI=1S/C15H16N2O2/c1-17(9-11-6-7-19-10-11)15(18)14-8-12-4-2-3-5-13(12)16-14/h2-7,10,14,16H,8-9H2,1H3/t14-/m0/s1. The van der Waals surface area contributed by atoms with Crippen molar-refractivity contribution in [2.75, 3.05) is 12.4 Å². The molecule has 2 heterocycles. The number of likely N-dealkylation sites (N-methyl/N-ethyl adjacent to an activating group) is 1. The van der Waals surface area contributed by atoms with Crippen LogP contribution in [0.15, 0.2) is 47.3 Å². The van der Waals surface area contributed by atoms with Crippen molar-refractivity contribution in [2.24, 2.45) is 0 Å². The van der Waals surface area contributed by atoms with Gasteiger partial charge in [-0.3, -0.25) is 4.79 Å². The van der Waals surface area contributed by atoms with E-state index in [1.165, 1.54) is 5.56 Å². The van der Waals surface area contributed by atoms with Gasteiger partial charge in [0.05, 0.1) is 12.5 Å². The van der Waals surface area contributed by atoms with E-state index in [1.807, 2.05) is 31.3 Å². The zero-order chi connectivity index (χ0) is 13.2. The first-order chi connectivity index (χ1) is 9.24. The van der Waals surface area contributed by atoms with E-state index in [-0.39, 0.29) is 11.9 Å². The summed E-state index contributed by atoms with van der Waals surface area (Å²) in [5, 5.41) is 3.28. The second kappa shape index (κ2) is 4.80. The Morgan fingerprint density at radius 2 is 2.26 bits per heavy atom. The molecule has 0 aliphatic carbocycles. The molecule has 0 fully saturated rings. The number of amides is 1. The molecule has 4 nitrogen and oxygen atoms in total. The van der Waals surface area contributed by atoms with E-state index in [1.54, 1.807) is 17.4 Å². The Kier molecular flexibility index (Phi) is 2.99. The van der Waals surface area contributed by atoms with Crippen LogP contribution < -0.4 is 5.32 Å². The minimum Gasteiger partial charge on any atom is -0.472 e. The van der Waals surface area contributed by atoms with Gasteiger partial charge in [-0.2, -0.15) is 0 Å². The van der Waals surface area contributed by atoms with Crippen molar-refractivity contribution >= 4 is 11.6 Å². The monoisotopic (exact) mass is 256 g/mol. The highest BCUT2D eigenvalue weighted by Gasteiger charge is 2.28. The minimum absolute atomic E-state index is 0.109. The van der Waals surface area contributed by atoms with E-state index in [0.717, 1.165) is 17.7 Å². The van der Waals surface area contributed by atoms with Crippen LogP contribution in [-0.2, 0) is 17.8 Å². The summed E-state index contributed by atoms with van der Waals surface area (Å²) in [6, 6.07) is 9.77. The van der Waals surface area contributed by atoms with Crippen molar-refractivity contribution in [1.82, 2.24) is 4.90 Å². The lowest BCUT2D eigenvalue weighted by atomic mass is 10.1. The Morgan fingerprint density at radius 1 is 1.42 bits per heavy atom. The number of nitrogens with zero attached hydrogens (tertiary/aromatic N) is 1. The topological polar surface area (TPSA) is 45.5 Å². The molecular formula is C15H16N2O2. The summed E-state index contributed by atoms with van der Waals surface area (Å²) in [4.78, 5) is 14.1. The average molecular weight is 256 g/mol. The quantitative estimate of drug-likeness (QED) is 0.916. The number of nitrogens with one attached hydrogen (secondary N) is 1. The third-order valence-corrected chi connectivity index (χ3v) is 3.45. The molecule has 1 amide bonds. The van der Waals surface area contributed by atoms with Crippen molar-refractivity contribution < 1.29 is 9.21 Å². The van der Waals surface area contributed by atoms with Crippen LogP contribution >= 0.6 is 0 Å². The van der Waals surface area contributed by atoms with E-state index >= 15 is 0 Å². The van der Waals surface area contributed by atoms with Crippen LogP contribution in [0.2, 0.25) is 0 Å². The van der Waals surface area contributed by atoms with Crippen LogP contribution in [0, 0.1) is 0 Å². The summed E-state index contributed by atoms with van der Waals surface area (Å²) in [7, 11) is 1.82. The second-order valence-corrected chi connectivity index (χ2v) is 4.88. The highest BCUT2D eigenvalue weighted by atomic mass is 16.3. The van der Waals surface area contributed by atoms with Gasteiger partial charge in [0.1, 0.15) is 6.04 Å². The zero-order valence-corrected chi connectivity index (χ0v) is 10.8. The van der Waals surface area contributed by atoms with E-state index in [9.17, 15) is 4.79 Å². The lowest BCUT2D eigenvalue weighted by Gasteiger charge is -2.20. The first kappa shape index (κ1) is 11.8. The average Bonchev–Trinajstić information content (AvgIpc) is 3.05. The Balaban J connectivity index is 1.66. The fourth-order valence-electron chi connectivity index (χ4n) is 2.45. The minimum atomic E-state index is -0.158. The molecule has 1 aromatic carbocycles. The van der Waals surface area contributed by atoms with Gasteiger partial charge in [0.25, 0.3) is 0 Å². The highest BCUT2D eigenvalue weighted by Crippen LogP contribution is 2.26. The SMILES string of the molecule is CN(Cc1ccoc1)C(=O)[C@@H]1Cc2ccccc2N1. The number of para-hydroxylation sites is 1. The third kappa shape index (κ3) is 2.34. The first-order valence-corrected chi connectivity index (χ1v) is 6.34. The predicted molar refractivity (Wildman–Crippen MR) is 72.7 cm³/mol. The molecule has 1 N–H and O–H groups in total. The molecule has 98 valence electrons. The summed E-state index contributed by atoms with van der Waals surface area (Å²) in [6.07, 6.45) is 4.04. The summed E-state index contributed by atoms with van der Waals surface area (Å²) >= 11 is 0. The fourth-order valence-corrected chi connectivity index (χ4v) is 2.45. The van der Waals surface area contributed by atoms with E-state index in [2.05, 4.69) is 11.4 Å². The molecule has 2 aromatic rings. The number of anilines is 1. The summed E-state index contributed by atoms with van der Waals surface area (Å²) < 4.78 is 5.02. The van der Waals surface area contributed by atoms with Crippen molar-refractivity contribution in [3.8, 4) is 0 Å². The molecule has 1 aliphatic rings. The van der Waals surface area contributed by atoms with E-state index in [4.69, 9.17) is 4.42 Å². The van der Waals surface area contributed by atoms with Gasteiger partial charge in [-0.1, -0.05) is 18.2 Å². The van der Waals surface area contributed by atoms with Crippen LogP contribution in [0.1, 0.15) is 11.1 Å². The molecule has 0 saturated heterocycles. The number of hydrogen-bond donors (Lipinski definition) is 1. The summed E-state index contributed by atoms with van der Waals surface area (Å²) in [5.41, 5.74) is 3.28. The van der Waals surface area contributed by atoms with Gasteiger partial charge >= 0.3 is 0 Å². The maximum absolute atomic E-state index is 12.4. The van der Waals surface area contributed by atoms with Gasteiger partial charge in [-0.15, -0.1) is 0 Å². The van der Waals surface area contributed by atoms with Crippen molar-refractivity contribution in [3.05, 3.63) is 54.0 Å². The van der Waals surface area contributed by atoms with E-state index < -0.39 is 0 Å². The van der Waals surface area contributed by atoms with Gasteiger partial charge < -0.3 is 14.6 Å². The molecule has 1 atom stereocenters. The third-order valence-electron chi connectivity index (χ3n) is 3.45. The highest BCUT2D eigenvalue weighted by molar-refractivity contribution is 5.87. The number of rotatable bonds is 3. The molecule has 19 heavy (non-hydrogen) atoms. The molecule has 0 saturated carbocycles. The molecule has 0 bridgehead atoms. The van der Waals surface area contributed by atoms with Gasteiger partial charge in [0.15, 0.2) is 0 Å². The van der Waals surface area contributed by atoms with Crippen LogP contribution in [-0.4, -0.2) is 23.9 Å². The number of benzene rings is 1. The van der Waals surface area contributed by atoms with Gasteiger partial charge in [0.2, 0.25) is 5.91 Å². The fraction of sp³-hybridized carbons (Fsp3) is 0.267. The number of fused-ring (bicyclic) bond motifs is 1. The first-order valence-electron chi connectivity index (χ1n) is 6.34. The number of carbonyl (C=O) groups is 1. The lowest BCUT2D eigenvalue weighted by Crippen LogP contribution is -2.39. The lowest BCUT2D eigenvalue weighted by molar-refractivity contribution is -0.131. The molecule has 1 aromatic heterocycles. The summed E-state index contributed by atoms with van der Waals surface area (Å²) in [5.74, 6) is 0.109. The molecule has 0 radical (unpaired) electrons. The van der Waals surface area contributed by atoms with Crippen LogP contribution in [0.4, 0.5) is 5.69 Å². The molecule has 0 unspecified atom stereocenters. The molecule has 4 heteroatoms. The van der Waals surface area contributed by atoms with Crippen molar-refractivity contribution in [2.45, 2.75) is 19.0 Å². The van der Waals surface area contributed by atoms with Crippen LogP contribution in [0.3, 0.4) is 0 Å². The number of hydrogen-bond acceptors (Lipinski definition) is 3.